The van der Waals surface area contributed by atoms with E-state index in [0.29, 0.717) is 50.7 Å². The zero-order valence-corrected chi connectivity index (χ0v) is 33.8. The summed E-state index contributed by atoms with van der Waals surface area (Å²) in [7, 11) is -1.08. The predicted octanol–water partition coefficient (Wildman–Crippen LogP) is 4.15. The van der Waals surface area contributed by atoms with Gasteiger partial charge in [0.2, 0.25) is 33.3 Å². The summed E-state index contributed by atoms with van der Waals surface area (Å²) in [4.78, 5) is 62.0. The summed E-state index contributed by atoms with van der Waals surface area (Å²) in [5, 5.41) is 5.79. The van der Waals surface area contributed by atoms with E-state index in [1.54, 1.807) is 30.3 Å². The molecule has 0 bridgehead atoms. The van der Waals surface area contributed by atoms with Crippen molar-refractivity contribution in [1.82, 2.24) is 25.2 Å². The van der Waals surface area contributed by atoms with Crippen LogP contribution in [-0.4, -0.2) is 110 Å². The molecule has 2 aliphatic heterocycles. The molecule has 2 aliphatic carbocycles. The number of ether oxygens (including phenoxy) is 4. The second kappa shape index (κ2) is 16.5. The molecular weight excluding hydrogens is 788 g/mol. The van der Waals surface area contributed by atoms with Crippen LogP contribution in [0.1, 0.15) is 65.7 Å². The van der Waals surface area contributed by atoms with Gasteiger partial charge in [0.15, 0.2) is 0 Å². The van der Waals surface area contributed by atoms with Crippen molar-refractivity contribution in [3.8, 4) is 11.6 Å². The van der Waals surface area contributed by atoms with Gasteiger partial charge in [0.05, 0.1) is 25.5 Å². The molecule has 4 aliphatic rings. The molecule has 318 valence electrons. The fraction of sp³-hybridized carbons (Fsp3) is 0.615. The number of hydrogen-bond donors (Lipinski definition) is 3. The molecular formula is C39H50F3N5O10S. The molecule has 3 N–H and O–H groups in total. The Hall–Kier alpha value is -4.65. The number of allylic oxidation sites excluding steroid dienone is 1. The average molecular weight is 838 g/mol. The third kappa shape index (κ3) is 9.29. The van der Waals surface area contributed by atoms with Crippen molar-refractivity contribution in [3.05, 3.63) is 42.6 Å². The van der Waals surface area contributed by atoms with Gasteiger partial charge in [-0.05, 0) is 87.9 Å². The van der Waals surface area contributed by atoms with E-state index in [2.05, 4.69) is 20.3 Å². The molecule has 6 rings (SSSR count). The summed E-state index contributed by atoms with van der Waals surface area (Å²) in [5.41, 5.74) is -4.56. The first-order valence-electron chi connectivity index (χ1n) is 19.3. The third-order valence-corrected chi connectivity index (χ3v) is 13.2. The van der Waals surface area contributed by atoms with Crippen LogP contribution in [0.2, 0.25) is 0 Å². The number of alkyl carbamates (subject to hydrolysis) is 1. The van der Waals surface area contributed by atoms with Crippen LogP contribution in [0.5, 0.6) is 11.6 Å². The Morgan fingerprint density at radius 2 is 1.83 bits per heavy atom. The van der Waals surface area contributed by atoms with E-state index in [9.17, 15) is 40.8 Å². The number of hydrogen-bond acceptors (Lipinski definition) is 11. The molecule has 1 saturated heterocycles. The zero-order chi connectivity index (χ0) is 42.2. The van der Waals surface area contributed by atoms with E-state index >= 15 is 0 Å². The molecule has 1 aromatic heterocycles. The molecule has 0 radical (unpaired) electrons. The van der Waals surface area contributed by atoms with Crippen molar-refractivity contribution in [2.75, 3.05) is 27.4 Å². The SMILES string of the molecule is COCC1CC(C)CCC=CC2CC2(C(=O)NS(=O)(=O)C2CC2)NC(=O)C2CC(Oc3nccc4cc(OC)ccc34)CN2C(=O)C1NC(=O)OC(C)(C)C(F)(F)F. The maximum Gasteiger partial charge on any atom is 0.427 e. The second-order valence-corrected chi connectivity index (χ2v) is 18.2. The van der Waals surface area contributed by atoms with E-state index in [1.165, 1.54) is 25.3 Å². The van der Waals surface area contributed by atoms with Crippen LogP contribution in [0.15, 0.2) is 42.6 Å². The maximum absolute atomic E-state index is 14.9. The molecule has 2 saturated carbocycles. The first-order valence-corrected chi connectivity index (χ1v) is 20.8. The Kier molecular flexibility index (Phi) is 12.2. The number of methoxy groups -OCH3 is 2. The second-order valence-electron chi connectivity index (χ2n) is 16.2. The Labute approximate surface area is 334 Å². The van der Waals surface area contributed by atoms with Crippen molar-refractivity contribution in [3.63, 3.8) is 0 Å². The van der Waals surface area contributed by atoms with Crippen LogP contribution in [-0.2, 0) is 33.9 Å². The Balaban J connectivity index is 1.37. The van der Waals surface area contributed by atoms with Crippen LogP contribution < -0.4 is 24.8 Å². The minimum absolute atomic E-state index is 0.0889. The van der Waals surface area contributed by atoms with Crippen LogP contribution in [0.4, 0.5) is 18.0 Å². The van der Waals surface area contributed by atoms with E-state index in [4.69, 9.17) is 18.9 Å². The number of carbonyl (C=O) groups is 4. The van der Waals surface area contributed by atoms with Crippen molar-refractivity contribution < 1.29 is 59.7 Å². The fourth-order valence-electron chi connectivity index (χ4n) is 7.65. The zero-order valence-electron chi connectivity index (χ0n) is 33.0. The lowest BCUT2D eigenvalue weighted by atomic mass is 9.87. The number of nitrogens with zero attached hydrogens (tertiary/aromatic N) is 2. The Morgan fingerprint density at radius 3 is 2.50 bits per heavy atom. The molecule has 19 heteroatoms. The summed E-state index contributed by atoms with van der Waals surface area (Å²) < 4.78 is 91.3. The number of alkyl halides is 3. The largest absolute Gasteiger partial charge is 0.497 e. The minimum atomic E-state index is -4.94. The van der Waals surface area contributed by atoms with Crippen LogP contribution in [0.3, 0.4) is 0 Å². The van der Waals surface area contributed by atoms with Gasteiger partial charge in [-0.1, -0.05) is 19.1 Å². The van der Waals surface area contributed by atoms with Gasteiger partial charge in [0.25, 0.3) is 5.91 Å². The van der Waals surface area contributed by atoms with Gasteiger partial charge in [-0.3, -0.25) is 19.1 Å². The van der Waals surface area contributed by atoms with E-state index in [0.717, 1.165) is 5.39 Å². The molecule has 15 nitrogen and oxygen atoms in total. The molecule has 3 fully saturated rings. The fourth-order valence-corrected chi connectivity index (χ4v) is 9.01. The summed E-state index contributed by atoms with van der Waals surface area (Å²) in [5.74, 6) is -3.19. The highest BCUT2D eigenvalue weighted by atomic mass is 32.2. The molecule has 7 unspecified atom stereocenters. The van der Waals surface area contributed by atoms with Crippen LogP contribution in [0, 0.1) is 17.8 Å². The van der Waals surface area contributed by atoms with Gasteiger partial charge in [0.1, 0.15) is 29.5 Å². The molecule has 2 aromatic rings. The third-order valence-electron chi connectivity index (χ3n) is 11.3. The summed E-state index contributed by atoms with van der Waals surface area (Å²) >= 11 is 0. The van der Waals surface area contributed by atoms with E-state index in [1.807, 2.05) is 13.0 Å². The minimum Gasteiger partial charge on any atom is -0.497 e. The molecule has 3 heterocycles. The number of benzene rings is 1. The highest BCUT2D eigenvalue weighted by molar-refractivity contribution is 7.91. The maximum atomic E-state index is 14.9. The van der Waals surface area contributed by atoms with Crippen LogP contribution >= 0.6 is 0 Å². The first-order chi connectivity index (χ1) is 27.3. The lowest BCUT2D eigenvalue weighted by Gasteiger charge is -2.35. The Morgan fingerprint density at radius 1 is 1.09 bits per heavy atom. The van der Waals surface area contributed by atoms with Gasteiger partial charge in [-0.2, -0.15) is 13.2 Å². The number of carbonyl (C=O) groups excluding carboxylic acids is 4. The number of nitrogens with one attached hydrogen (secondary N) is 3. The number of pyridine rings is 1. The Bertz CT molecular complexity index is 2040. The highest BCUT2D eigenvalue weighted by Gasteiger charge is 2.62. The van der Waals surface area contributed by atoms with Crippen molar-refractivity contribution in [2.24, 2.45) is 17.8 Å². The van der Waals surface area contributed by atoms with Crippen LogP contribution in [0.25, 0.3) is 10.8 Å². The molecule has 7 atom stereocenters. The number of sulfonamides is 1. The van der Waals surface area contributed by atoms with Gasteiger partial charge in [0, 0.05) is 36.9 Å². The predicted molar refractivity (Wildman–Crippen MR) is 203 cm³/mol. The number of amides is 4. The number of rotatable bonds is 10. The van der Waals surface area contributed by atoms with Crippen molar-refractivity contribution >= 4 is 44.6 Å². The first kappa shape index (κ1) is 42.9. The standard InChI is InChI=1S/C39H50F3N5O10S/c1-22-8-6-7-9-25-19-38(25,35(50)46-58(52,53)28-11-12-28)45-32(48)30-18-27(56-33-29-13-10-26(55-5)17-23(29)14-15-43-33)20-47(30)34(49)31(24(16-22)21-54-4)44-36(51)57-37(2,3)39(40,41)42/h7,9-10,13-15,17,22,24-25,27-28,30-31H,6,8,11-12,16,18-21H2,1-5H3,(H,44,51)(H,45,48)(H,46,50). The van der Waals surface area contributed by atoms with Crippen molar-refractivity contribution in [1.29, 1.82) is 0 Å². The van der Waals surface area contributed by atoms with Gasteiger partial charge < -0.3 is 34.5 Å². The summed E-state index contributed by atoms with van der Waals surface area (Å²) in [6.07, 6.45) is -0.0381. The molecule has 58 heavy (non-hydrogen) atoms. The monoisotopic (exact) mass is 837 g/mol. The molecule has 4 amide bonds. The number of aromatic nitrogens is 1. The van der Waals surface area contributed by atoms with Gasteiger partial charge in [-0.25, -0.2) is 18.2 Å². The number of fused-ring (bicyclic) bond motifs is 3. The summed E-state index contributed by atoms with van der Waals surface area (Å²) in [6.45, 7) is 2.95. The topological polar surface area (TPSA) is 192 Å². The lowest BCUT2D eigenvalue weighted by Crippen LogP contribution is -2.60. The van der Waals surface area contributed by atoms with E-state index < -0.39 is 86.4 Å². The van der Waals surface area contributed by atoms with Gasteiger partial charge >= 0.3 is 12.3 Å². The van der Waals surface area contributed by atoms with Crippen molar-refractivity contribution in [2.45, 2.75) is 106 Å². The quantitative estimate of drug-likeness (QED) is 0.292. The lowest BCUT2D eigenvalue weighted by molar-refractivity contribution is -0.244. The summed E-state index contributed by atoms with van der Waals surface area (Å²) in [6, 6.07) is 4.10. The number of halogens is 3. The smallest absolute Gasteiger partial charge is 0.427 e. The van der Waals surface area contributed by atoms with E-state index in [-0.39, 0.29) is 44.2 Å². The average Bonchev–Trinajstić information content (AvgIpc) is 4.08. The normalized spacial score (nSPS) is 28.3. The highest BCUT2D eigenvalue weighted by Crippen LogP contribution is 2.46. The van der Waals surface area contributed by atoms with Gasteiger partial charge in [-0.15, -0.1) is 0 Å². The molecule has 1 aromatic carbocycles. The molecule has 0 spiro atoms.